The van der Waals surface area contributed by atoms with Crippen LogP contribution in [0.5, 0.6) is 0 Å². The van der Waals surface area contributed by atoms with E-state index in [1.54, 1.807) is 0 Å². The lowest BCUT2D eigenvalue weighted by Crippen LogP contribution is -2.02. The van der Waals surface area contributed by atoms with Crippen LogP contribution in [0.1, 0.15) is 0 Å². The smallest absolute Gasteiger partial charge is 0.158 e. The third kappa shape index (κ3) is 4.66. The van der Waals surface area contributed by atoms with Crippen LogP contribution in [0.25, 0.3) is 0 Å². The fourth-order valence-corrected chi connectivity index (χ4v) is 0.439. The van der Waals surface area contributed by atoms with E-state index >= 15 is 0 Å². The standard InChI is InChI=1S/C6H4F2.ClH.H4N2/c7-5-3-1-2-4-6(5)8;;1-2/h1-4H;1H;1-2H2. The summed E-state index contributed by atoms with van der Waals surface area (Å²) >= 11 is 0. The normalized spacial score (nSPS) is 7.27. The summed E-state index contributed by atoms with van der Waals surface area (Å²) in [6.07, 6.45) is 0. The van der Waals surface area contributed by atoms with Crippen LogP contribution >= 0.6 is 12.4 Å². The summed E-state index contributed by atoms with van der Waals surface area (Å²) in [6.45, 7) is 0. The van der Waals surface area contributed by atoms with E-state index in [0.717, 1.165) is 12.1 Å². The third-order valence-electron chi connectivity index (χ3n) is 0.824. The van der Waals surface area contributed by atoms with Crippen LogP contribution in [0.15, 0.2) is 24.3 Å². The molecule has 1 rings (SSSR count). The van der Waals surface area contributed by atoms with Crippen molar-refractivity contribution in [3.8, 4) is 0 Å². The maximum absolute atomic E-state index is 11.9. The van der Waals surface area contributed by atoms with Crippen molar-refractivity contribution in [3.63, 3.8) is 0 Å². The summed E-state index contributed by atoms with van der Waals surface area (Å²) in [5.74, 6) is 6.40. The predicted molar refractivity (Wildman–Crippen MR) is 42.0 cm³/mol. The minimum absolute atomic E-state index is 0. The van der Waals surface area contributed by atoms with Gasteiger partial charge >= 0.3 is 0 Å². The van der Waals surface area contributed by atoms with E-state index in [-0.39, 0.29) is 12.4 Å². The molecule has 0 aliphatic carbocycles. The molecule has 11 heavy (non-hydrogen) atoms. The van der Waals surface area contributed by atoms with Crippen LogP contribution in [-0.2, 0) is 0 Å². The summed E-state index contributed by atoms with van der Waals surface area (Å²) in [5.41, 5.74) is 0. The maximum atomic E-state index is 11.9. The summed E-state index contributed by atoms with van der Waals surface area (Å²) in [7, 11) is 0. The van der Waals surface area contributed by atoms with Gasteiger partial charge in [0.15, 0.2) is 11.6 Å². The first kappa shape index (κ1) is 12.9. The topological polar surface area (TPSA) is 52.0 Å². The van der Waals surface area contributed by atoms with Crippen molar-refractivity contribution in [2.24, 2.45) is 11.7 Å². The Balaban J connectivity index is 0. The molecule has 1 aromatic rings. The predicted octanol–water partition coefficient (Wildman–Crippen LogP) is 1.21. The zero-order chi connectivity index (χ0) is 7.98. The number of benzene rings is 1. The van der Waals surface area contributed by atoms with Gasteiger partial charge in [-0.05, 0) is 12.1 Å². The highest BCUT2D eigenvalue weighted by Gasteiger charge is 1.93. The van der Waals surface area contributed by atoms with Gasteiger partial charge in [-0.1, -0.05) is 12.1 Å². The van der Waals surface area contributed by atoms with Gasteiger partial charge in [-0.25, -0.2) is 8.78 Å². The van der Waals surface area contributed by atoms with Crippen LogP contribution in [-0.4, -0.2) is 0 Å². The zero-order valence-corrected chi connectivity index (χ0v) is 6.44. The summed E-state index contributed by atoms with van der Waals surface area (Å²) in [5, 5.41) is 0. The SMILES string of the molecule is Cl.Fc1ccccc1F.NN. The Morgan fingerprint density at radius 3 is 1.36 bits per heavy atom. The van der Waals surface area contributed by atoms with Gasteiger partial charge in [0, 0.05) is 0 Å². The minimum Gasteiger partial charge on any atom is -0.274 e. The van der Waals surface area contributed by atoms with E-state index in [4.69, 9.17) is 0 Å². The Hall–Kier alpha value is -0.710. The number of hydrazine groups is 1. The van der Waals surface area contributed by atoms with Crippen LogP contribution in [0.2, 0.25) is 0 Å². The van der Waals surface area contributed by atoms with E-state index in [1.807, 2.05) is 0 Å². The molecule has 0 amide bonds. The second-order valence-corrected chi connectivity index (χ2v) is 1.41. The van der Waals surface area contributed by atoms with Gasteiger partial charge < -0.3 is 0 Å². The molecule has 0 bridgehead atoms. The molecule has 0 saturated heterocycles. The van der Waals surface area contributed by atoms with Crippen molar-refractivity contribution in [2.75, 3.05) is 0 Å². The van der Waals surface area contributed by atoms with Crippen LogP contribution < -0.4 is 11.7 Å². The first-order valence-electron chi connectivity index (χ1n) is 2.54. The van der Waals surface area contributed by atoms with Crippen LogP contribution in [0, 0.1) is 11.6 Å². The van der Waals surface area contributed by atoms with E-state index in [1.165, 1.54) is 12.1 Å². The first-order valence-corrected chi connectivity index (χ1v) is 2.54. The number of hydrogen-bond donors (Lipinski definition) is 2. The summed E-state index contributed by atoms with van der Waals surface area (Å²) in [6, 6.07) is 5.04. The van der Waals surface area contributed by atoms with Crippen molar-refractivity contribution in [2.45, 2.75) is 0 Å². The summed E-state index contributed by atoms with van der Waals surface area (Å²) < 4.78 is 23.9. The Morgan fingerprint density at radius 1 is 0.909 bits per heavy atom. The quantitative estimate of drug-likeness (QED) is 0.468. The van der Waals surface area contributed by atoms with Gasteiger partial charge in [-0.2, -0.15) is 0 Å². The molecule has 2 nitrogen and oxygen atoms in total. The fraction of sp³-hybridized carbons (Fsp3) is 0. The molecule has 0 aliphatic heterocycles. The Morgan fingerprint density at radius 2 is 1.18 bits per heavy atom. The lowest BCUT2D eigenvalue weighted by Gasteiger charge is -1.85. The zero-order valence-electron chi connectivity index (χ0n) is 5.63. The number of rotatable bonds is 0. The van der Waals surface area contributed by atoms with Crippen molar-refractivity contribution in [1.82, 2.24) is 0 Å². The molecule has 0 saturated carbocycles. The first-order chi connectivity index (χ1) is 4.80. The molecular weight excluding hydrogens is 174 g/mol. The van der Waals surface area contributed by atoms with Gasteiger partial charge in [0.2, 0.25) is 0 Å². The minimum atomic E-state index is -0.799. The molecule has 64 valence electrons. The average molecular weight is 183 g/mol. The number of hydrogen-bond acceptors (Lipinski definition) is 2. The lowest BCUT2D eigenvalue weighted by atomic mass is 10.3. The number of halogens is 3. The highest BCUT2D eigenvalue weighted by atomic mass is 35.5. The molecule has 0 heterocycles. The van der Waals surface area contributed by atoms with E-state index in [2.05, 4.69) is 11.7 Å². The molecule has 1 aromatic carbocycles. The molecule has 0 fully saturated rings. The monoisotopic (exact) mass is 182 g/mol. The highest BCUT2D eigenvalue weighted by molar-refractivity contribution is 5.85. The van der Waals surface area contributed by atoms with Crippen LogP contribution in [0.4, 0.5) is 8.78 Å². The Bertz CT molecular complexity index is 175. The molecule has 0 aromatic heterocycles. The molecule has 0 atom stereocenters. The second-order valence-electron chi connectivity index (χ2n) is 1.41. The van der Waals surface area contributed by atoms with Gasteiger partial charge in [-0.15, -0.1) is 12.4 Å². The van der Waals surface area contributed by atoms with E-state index in [9.17, 15) is 8.78 Å². The second kappa shape index (κ2) is 7.40. The highest BCUT2D eigenvalue weighted by Crippen LogP contribution is 2.01. The average Bonchev–Trinajstić information content (AvgIpc) is 2.00. The van der Waals surface area contributed by atoms with E-state index < -0.39 is 11.6 Å². The van der Waals surface area contributed by atoms with Crippen LogP contribution in [0.3, 0.4) is 0 Å². The van der Waals surface area contributed by atoms with Crippen molar-refractivity contribution in [3.05, 3.63) is 35.9 Å². The molecule has 0 spiro atoms. The molecule has 0 aliphatic rings. The van der Waals surface area contributed by atoms with Gasteiger partial charge in [0.05, 0.1) is 0 Å². The molecule has 0 radical (unpaired) electrons. The molecule has 0 unspecified atom stereocenters. The molecule has 4 N–H and O–H groups in total. The molecule has 5 heteroatoms. The Kier molecular flexibility index (Phi) is 8.69. The van der Waals surface area contributed by atoms with E-state index in [0.29, 0.717) is 0 Å². The Labute approximate surface area is 69.6 Å². The largest absolute Gasteiger partial charge is 0.274 e. The van der Waals surface area contributed by atoms with Crippen molar-refractivity contribution < 1.29 is 8.78 Å². The lowest BCUT2D eigenvalue weighted by molar-refractivity contribution is 0.508. The van der Waals surface area contributed by atoms with Gasteiger partial charge in [0.25, 0.3) is 0 Å². The van der Waals surface area contributed by atoms with Gasteiger partial charge in [-0.3, -0.25) is 11.7 Å². The van der Waals surface area contributed by atoms with Crippen molar-refractivity contribution in [1.29, 1.82) is 0 Å². The summed E-state index contributed by atoms with van der Waals surface area (Å²) in [4.78, 5) is 0. The molecular formula is C6H9ClF2N2. The fourth-order valence-electron chi connectivity index (χ4n) is 0.439. The van der Waals surface area contributed by atoms with Crippen molar-refractivity contribution >= 4 is 12.4 Å². The van der Waals surface area contributed by atoms with Gasteiger partial charge in [0.1, 0.15) is 0 Å². The maximum Gasteiger partial charge on any atom is 0.158 e. The third-order valence-corrected chi connectivity index (χ3v) is 0.824. The number of nitrogens with two attached hydrogens (primary N) is 2.